The molecule has 0 N–H and O–H groups in total. The maximum absolute atomic E-state index is 14.8. The minimum Gasteiger partial charge on any atom is -0.657 e. The first kappa shape index (κ1) is 46.1. The van der Waals surface area contributed by atoms with Crippen molar-refractivity contribution in [3.05, 3.63) is 165 Å². The number of allylic oxidation sites excluding steroid dienone is 2. The summed E-state index contributed by atoms with van der Waals surface area (Å²) in [5, 5.41) is 0. The zero-order valence-electron chi connectivity index (χ0n) is 41.5. The first-order valence-electron chi connectivity index (χ1n) is 23.8. The molecule has 8 bridgehead atoms. The molecular weight excluding hydrogens is 891 g/mol. The van der Waals surface area contributed by atoms with Gasteiger partial charge in [-0.2, -0.15) is 0 Å². The monoisotopic (exact) mass is 946 g/mol. The van der Waals surface area contributed by atoms with Crippen LogP contribution in [0, 0.1) is 0 Å². The van der Waals surface area contributed by atoms with Gasteiger partial charge in [-0.05, 0) is 101 Å². The molecule has 0 radical (unpaired) electrons. The van der Waals surface area contributed by atoms with Crippen LogP contribution in [0.4, 0.5) is 0 Å². The summed E-state index contributed by atoms with van der Waals surface area (Å²) in [6, 6.07) is 37.5. The van der Waals surface area contributed by atoms with Gasteiger partial charge in [-0.15, -0.1) is 22.1 Å². The van der Waals surface area contributed by atoms with E-state index in [0.29, 0.717) is 67.1 Å². The van der Waals surface area contributed by atoms with Crippen LogP contribution in [0.25, 0.3) is 89.9 Å². The van der Waals surface area contributed by atoms with Gasteiger partial charge >= 0.3 is 16.5 Å². The van der Waals surface area contributed by atoms with Crippen LogP contribution in [0.1, 0.15) is 149 Å². The van der Waals surface area contributed by atoms with Crippen molar-refractivity contribution in [2.24, 2.45) is 0 Å². The van der Waals surface area contributed by atoms with E-state index in [1.165, 1.54) is 22.3 Å². The Morgan fingerprint density at radius 2 is 0.667 bits per heavy atom. The Balaban J connectivity index is 0.00000553. The summed E-state index contributed by atoms with van der Waals surface area (Å²) < 4.78 is 0. The van der Waals surface area contributed by atoms with E-state index >= 15 is 0 Å². The van der Waals surface area contributed by atoms with Gasteiger partial charge in [0, 0.05) is 11.1 Å². The molecule has 2 aliphatic carbocycles. The molecule has 0 amide bonds. The number of carbonyl (C=O) groups excluding carboxylic acids is 2. The maximum atomic E-state index is 14.8. The van der Waals surface area contributed by atoms with Crippen molar-refractivity contribution < 1.29 is 26.1 Å². The van der Waals surface area contributed by atoms with Crippen LogP contribution in [0.2, 0.25) is 0 Å². The number of nitrogens with zero attached hydrogens (tertiary/aromatic N) is 4. The van der Waals surface area contributed by atoms with E-state index in [1.54, 1.807) is 0 Å². The number of benzene rings is 4. The summed E-state index contributed by atoms with van der Waals surface area (Å²) in [7, 11) is 0. The van der Waals surface area contributed by atoms with Gasteiger partial charge in [0.05, 0.1) is 33.9 Å². The molecule has 4 aliphatic rings. The summed E-state index contributed by atoms with van der Waals surface area (Å²) in [6.45, 7) is 26.9. The predicted octanol–water partition coefficient (Wildman–Crippen LogP) is 14.9. The fourth-order valence-electron chi connectivity index (χ4n) is 10.1. The number of ketones is 2. The first-order chi connectivity index (χ1) is 32.0. The number of hydrogen-bond donors (Lipinski definition) is 0. The van der Waals surface area contributed by atoms with Crippen LogP contribution in [0.3, 0.4) is 0 Å². The fourth-order valence-corrected chi connectivity index (χ4v) is 10.1. The second-order valence-corrected chi connectivity index (χ2v) is 23.1. The fraction of sp³-hybridized carbons (Fsp3) is 0.258. The smallest absolute Gasteiger partial charge is 0.657 e. The third kappa shape index (κ3) is 7.52. The molecule has 4 aromatic carbocycles. The molecule has 346 valence electrons. The molecule has 5 heterocycles. The van der Waals surface area contributed by atoms with Crippen LogP contribution in [0.15, 0.2) is 109 Å². The molecule has 11 rings (SSSR count). The number of fused-ring (bicyclic) bond motifs is 12. The van der Waals surface area contributed by atoms with Crippen LogP contribution in [-0.4, -0.2) is 21.5 Å². The van der Waals surface area contributed by atoms with E-state index in [2.05, 4.69) is 132 Å². The summed E-state index contributed by atoms with van der Waals surface area (Å²) >= 11 is 0. The molecule has 6 nitrogen and oxygen atoms in total. The quantitative estimate of drug-likeness (QED) is 0.160. The van der Waals surface area contributed by atoms with E-state index in [4.69, 9.17) is 19.9 Å². The summed E-state index contributed by atoms with van der Waals surface area (Å²) in [4.78, 5) is 51.7. The van der Waals surface area contributed by atoms with E-state index in [1.807, 2.05) is 72.8 Å². The largest absolute Gasteiger partial charge is 2.00 e. The van der Waals surface area contributed by atoms with Crippen molar-refractivity contribution in [1.29, 1.82) is 0 Å². The topological polar surface area (TPSA) is 88.1 Å². The molecule has 0 unspecified atom stereocenters. The number of rotatable bonds is 2. The number of carbonyl (C=O) groups is 2. The average Bonchev–Trinajstić information content (AvgIpc) is 4.11. The Bertz CT molecular complexity index is 3340. The van der Waals surface area contributed by atoms with Crippen molar-refractivity contribution in [3.8, 4) is 44.5 Å². The van der Waals surface area contributed by atoms with Crippen LogP contribution < -0.4 is 9.97 Å². The van der Waals surface area contributed by atoms with Gasteiger partial charge in [0.15, 0.2) is 11.6 Å². The van der Waals surface area contributed by atoms with Crippen LogP contribution >= 0.6 is 0 Å². The molecule has 0 saturated carbocycles. The summed E-state index contributed by atoms with van der Waals surface area (Å²) in [6.07, 6.45) is 3.93. The summed E-state index contributed by atoms with van der Waals surface area (Å²) in [5.41, 5.74) is 18.5. The Labute approximate surface area is 415 Å². The second-order valence-electron chi connectivity index (χ2n) is 23.1. The molecule has 3 aromatic heterocycles. The zero-order chi connectivity index (χ0) is 48.0. The Kier molecular flexibility index (Phi) is 10.5. The van der Waals surface area contributed by atoms with E-state index in [-0.39, 0.29) is 49.7 Å². The SMILES string of the molecule is CC(C)(C)c1cc(-c2c3nc4c(c5ccc([n-]5)c(-c5cc(C(C)(C)C)cc(C(C)(C)C)c5)c5nc6c(c7ccc2[n-]7)-c2ccccc2C(=O)C6=C5)-c2ccccc2C(=O)C4=C3)cc(C(C)(C)C)c1.[Ni+2]. The Morgan fingerprint density at radius 1 is 0.377 bits per heavy atom. The number of Topliss-reactive ketones (excluding diaryl/α,β-unsaturated/α-hetero) is 2. The maximum Gasteiger partial charge on any atom is 2.00 e. The standard InChI is InChI=1S/C62H58N4O2.Ni/c1-59(2,3)35-25-33(26-36(29-35)60(4,5)6)51-45-21-23-47(63-45)53-39-17-13-16-20-42(39)58(68)44-32-50(66-56(44)53)52(34-27-37(61(7,8)9)30-38(28-34)62(10,11)12)46-22-24-48(64-46)54-40-18-14-15-19-41(40)57(67)43-31-49(51)65-55(43)54;/h13-32H,1-12H3,(H2,63,64,65,66,67,68);/q;+2/p-2. The van der Waals surface area contributed by atoms with Gasteiger partial charge in [0.2, 0.25) is 0 Å². The van der Waals surface area contributed by atoms with Crippen molar-refractivity contribution in [2.75, 3.05) is 0 Å². The minimum atomic E-state index is -0.165. The minimum absolute atomic E-state index is 0. The van der Waals surface area contributed by atoms with Crippen LogP contribution in [-0.2, 0) is 38.2 Å². The van der Waals surface area contributed by atoms with E-state index in [0.717, 1.165) is 44.5 Å². The van der Waals surface area contributed by atoms with Crippen molar-refractivity contribution in [3.63, 3.8) is 0 Å². The zero-order valence-corrected chi connectivity index (χ0v) is 42.5. The van der Waals surface area contributed by atoms with Gasteiger partial charge in [0.25, 0.3) is 0 Å². The Morgan fingerprint density at radius 3 is 0.971 bits per heavy atom. The molecule has 0 atom stereocenters. The summed E-state index contributed by atoms with van der Waals surface area (Å²) in [5.74, 6) is -0.143. The van der Waals surface area contributed by atoms with Gasteiger partial charge in [-0.3, -0.25) is 9.59 Å². The van der Waals surface area contributed by atoms with Crippen molar-refractivity contribution in [1.82, 2.24) is 19.9 Å². The van der Waals surface area contributed by atoms with Crippen molar-refractivity contribution in [2.45, 2.75) is 105 Å². The van der Waals surface area contributed by atoms with Gasteiger partial charge < -0.3 is 9.97 Å². The van der Waals surface area contributed by atoms with Crippen molar-refractivity contribution >= 4 is 56.9 Å². The van der Waals surface area contributed by atoms with Gasteiger partial charge in [-0.25, -0.2) is 9.97 Å². The first-order valence-corrected chi connectivity index (χ1v) is 23.8. The number of aromatic nitrogens is 4. The predicted molar refractivity (Wildman–Crippen MR) is 280 cm³/mol. The van der Waals surface area contributed by atoms with Crippen LogP contribution in [0.5, 0.6) is 0 Å². The second kappa shape index (κ2) is 15.7. The molecule has 0 spiro atoms. The third-order valence-electron chi connectivity index (χ3n) is 14.1. The molecular formula is C62H56N4NiO2. The molecule has 7 aromatic rings. The molecule has 7 heteroatoms. The van der Waals surface area contributed by atoms with E-state index in [9.17, 15) is 9.59 Å². The molecule has 2 aliphatic heterocycles. The number of hydrogen-bond acceptors (Lipinski definition) is 4. The third-order valence-corrected chi connectivity index (χ3v) is 14.1. The average molecular weight is 948 g/mol. The van der Waals surface area contributed by atoms with Gasteiger partial charge in [-0.1, -0.05) is 192 Å². The Hall–Kier alpha value is -6.69. The normalized spacial score (nSPS) is 14.2. The molecule has 0 fully saturated rings. The molecule has 69 heavy (non-hydrogen) atoms. The molecule has 0 saturated heterocycles. The van der Waals surface area contributed by atoms with E-state index < -0.39 is 0 Å². The van der Waals surface area contributed by atoms with Gasteiger partial charge in [0.1, 0.15) is 0 Å².